The maximum Gasteiger partial charge on any atom is 0.265 e. The van der Waals surface area contributed by atoms with E-state index in [1.807, 2.05) is 12.1 Å². The van der Waals surface area contributed by atoms with Gasteiger partial charge in [-0.3, -0.25) is 4.79 Å². The first-order valence-corrected chi connectivity index (χ1v) is 7.08. The zero-order valence-electron chi connectivity index (χ0n) is 12.1. The van der Waals surface area contributed by atoms with E-state index in [9.17, 15) is 9.18 Å². The molecule has 0 spiro atoms. The smallest absolute Gasteiger partial charge is 0.265 e. The summed E-state index contributed by atoms with van der Waals surface area (Å²) in [5.41, 5.74) is 0.819. The normalized spacial score (nSPS) is 19.5. The van der Waals surface area contributed by atoms with Gasteiger partial charge in [-0.1, -0.05) is 24.3 Å². The Morgan fingerprint density at radius 1 is 1.09 bits per heavy atom. The Kier molecular flexibility index (Phi) is 3.96. The monoisotopic (exact) mass is 301 g/mol. The van der Waals surface area contributed by atoms with Gasteiger partial charge in [0.2, 0.25) is 6.10 Å². The van der Waals surface area contributed by atoms with Crippen LogP contribution in [0.1, 0.15) is 12.5 Å². The van der Waals surface area contributed by atoms with Gasteiger partial charge in [-0.15, -0.1) is 0 Å². The molecule has 3 rings (SSSR count). The number of ether oxygens (including phenoxy) is 2. The fraction of sp³-hybridized carbons (Fsp3) is 0.235. The number of amides is 1. The molecule has 114 valence electrons. The molecule has 1 heterocycles. The van der Waals surface area contributed by atoms with E-state index >= 15 is 0 Å². The average molecular weight is 301 g/mol. The van der Waals surface area contributed by atoms with Crippen molar-refractivity contribution in [3.63, 3.8) is 0 Å². The lowest BCUT2D eigenvalue weighted by Gasteiger charge is -2.31. The van der Waals surface area contributed by atoms with Gasteiger partial charge < -0.3 is 14.8 Å². The summed E-state index contributed by atoms with van der Waals surface area (Å²) in [7, 11) is 0. The number of hydrogen-bond donors (Lipinski definition) is 1. The van der Waals surface area contributed by atoms with Crippen LogP contribution >= 0.6 is 0 Å². The molecule has 0 unspecified atom stereocenters. The standard InChI is InChI=1S/C17H16FNO3/c1-11-16(22-15-5-3-2-4-14(15)21-11)17(20)19-10-12-6-8-13(18)9-7-12/h2-9,11,16H,10H2,1H3,(H,19,20)/t11-,16-/m0/s1. The lowest BCUT2D eigenvalue weighted by Crippen LogP contribution is -2.48. The highest BCUT2D eigenvalue weighted by Gasteiger charge is 2.33. The quantitative estimate of drug-likeness (QED) is 0.948. The molecular formula is C17H16FNO3. The summed E-state index contributed by atoms with van der Waals surface area (Å²) in [6.07, 6.45) is -1.10. The molecule has 0 bridgehead atoms. The second kappa shape index (κ2) is 6.05. The summed E-state index contributed by atoms with van der Waals surface area (Å²) in [4.78, 5) is 12.3. The number of fused-ring (bicyclic) bond motifs is 1. The largest absolute Gasteiger partial charge is 0.482 e. The van der Waals surface area contributed by atoms with Crippen LogP contribution in [0.15, 0.2) is 48.5 Å². The SMILES string of the molecule is C[C@@H]1Oc2ccccc2O[C@@H]1C(=O)NCc1ccc(F)cc1. The summed E-state index contributed by atoms with van der Waals surface area (Å²) in [6, 6.07) is 13.2. The van der Waals surface area contributed by atoms with Crippen molar-refractivity contribution in [2.45, 2.75) is 25.7 Å². The average Bonchev–Trinajstić information content (AvgIpc) is 2.53. The topological polar surface area (TPSA) is 47.6 Å². The number of halogens is 1. The van der Waals surface area contributed by atoms with Gasteiger partial charge in [-0.2, -0.15) is 0 Å². The van der Waals surface area contributed by atoms with Crippen LogP contribution in [-0.2, 0) is 11.3 Å². The molecular weight excluding hydrogens is 285 g/mol. The van der Waals surface area contributed by atoms with Gasteiger partial charge >= 0.3 is 0 Å². The summed E-state index contributed by atoms with van der Waals surface area (Å²) in [5.74, 6) is 0.635. The van der Waals surface area contributed by atoms with Crippen molar-refractivity contribution in [1.82, 2.24) is 5.32 Å². The molecule has 0 aliphatic carbocycles. The Hall–Kier alpha value is -2.56. The highest BCUT2D eigenvalue weighted by molar-refractivity contribution is 5.82. The van der Waals surface area contributed by atoms with Crippen LogP contribution in [0.4, 0.5) is 4.39 Å². The number of rotatable bonds is 3. The number of benzene rings is 2. The van der Waals surface area contributed by atoms with Gasteiger partial charge in [0, 0.05) is 6.54 Å². The van der Waals surface area contributed by atoms with Crippen LogP contribution in [0, 0.1) is 5.82 Å². The van der Waals surface area contributed by atoms with Gasteiger partial charge in [0.25, 0.3) is 5.91 Å². The first-order chi connectivity index (χ1) is 10.6. The molecule has 22 heavy (non-hydrogen) atoms. The third kappa shape index (κ3) is 3.03. The molecule has 2 aromatic carbocycles. The van der Waals surface area contributed by atoms with Crippen molar-refractivity contribution in [1.29, 1.82) is 0 Å². The van der Waals surface area contributed by atoms with Crippen molar-refractivity contribution in [2.75, 3.05) is 0 Å². The molecule has 5 heteroatoms. The third-order valence-corrected chi connectivity index (χ3v) is 3.48. The summed E-state index contributed by atoms with van der Waals surface area (Å²) >= 11 is 0. The number of nitrogens with one attached hydrogen (secondary N) is 1. The Labute approximate surface area is 127 Å². The molecule has 2 aromatic rings. The van der Waals surface area contributed by atoms with Crippen molar-refractivity contribution < 1.29 is 18.7 Å². The molecule has 4 nitrogen and oxygen atoms in total. The predicted molar refractivity (Wildman–Crippen MR) is 79.2 cm³/mol. The Morgan fingerprint density at radius 2 is 1.73 bits per heavy atom. The lowest BCUT2D eigenvalue weighted by molar-refractivity contribution is -0.133. The number of hydrogen-bond acceptors (Lipinski definition) is 3. The molecule has 1 aliphatic rings. The molecule has 2 atom stereocenters. The predicted octanol–water partition coefficient (Wildman–Crippen LogP) is 2.67. The lowest BCUT2D eigenvalue weighted by atomic mass is 10.1. The number of carbonyl (C=O) groups is 1. The van der Waals surface area contributed by atoms with E-state index < -0.39 is 6.10 Å². The van der Waals surface area contributed by atoms with Gasteiger partial charge in [0.15, 0.2) is 11.5 Å². The van der Waals surface area contributed by atoms with Gasteiger partial charge in [-0.25, -0.2) is 4.39 Å². The van der Waals surface area contributed by atoms with Crippen molar-refractivity contribution in [3.8, 4) is 11.5 Å². The molecule has 1 N–H and O–H groups in total. The van der Waals surface area contributed by atoms with E-state index in [0.29, 0.717) is 18.0 Å². The zero-order valence-corrected chi connectivity index (χ0v) is 12.1. The highest BCUT2D eigenvalue weighted by atomic mass is 19.1. The Bertz CT molecular complexity index is 672. The van der Waals surface area contributed by atoms with Crippen molar-refractivity contribution in [3.05, 3.63) is 59.9 Å². The number of para-hydroxylation sites is 2. The van der Waals surface area contributed by atoms with E-state index in [-0.39, 0.29) is 17.8 Å². The van der Waals surface area contributed by atoms with Crippen LogP contribution < -0.4 is 14.8 Å². The second-order valence-corrected chi connectivity index (χ2v) is 5.15. The second-order valence-electron chi connectivity index (χ2n) is 5.15. The van der Waals surface area contributed by atoms with Crippen LogP contribution in [0.5, 0.6) is 11.5 Å². The Balaban J connectivity index is 1.64. The van der Waals surface area contributed by atoms with Gasteiger partial charge in [0.1, 0.15) is 11.9 Å². The van der Waals surface area contributed by atoms with Crippen molar-refractivity contribution >= 4 is 5.91 Å². The third-order valence-electron chi connectivity index (χ3n) is 3.48. The minimum Gasteiger partial charge on any atom is -0.482 e. The van der Waals surface area contributed by atoms with E-state index in [1.54, 1.807) is 31.2 Å². The molecule has 0 radical (unpaired) electrons. The Morgan fingerprint density at radius 3 is 2.41 bits per heavy atom. The van der Waals surface area contributed by atoms with E-state index in [1.165, 1.54) is 12.1 Å². The number of carbonyl (C=O) groups excluding carboxylic acids is 1. The molecule has 0 fully saturated rings. The van der Waals surface area contributed by atoms with E-state index in [0.717, 1.165) is 5.56 Å². The van der Waals surface area contributed by atoms with Crippen LogP contribution in [0.25, 0.3) is 0 Å². The first-order valence-electron chi connectivity index (χ1n) is 7.08. The summed E-state index contributed by atoms with van der Waals surface area (Å²) in [5, 5.41) is 2.78. The highest BCUT2D eigenvalue weighted by Crippen LogP contribution is 2.33. The summed E-state index contributed by atoms with van der Waals surface area (Å²) in [6.45, 7) is 2.10. The zero-order chi connectivity index (χ0) is 15.5. The van der Waals surface area contributed by atoms with Crippen molar-refractivity contribution in [2.24, 2.45) is 0 Å². The van der Waals surface area contributed by atoms with E-state index in [4.69, 9.17) is 9.47 Å². The molecule has 0 saturated carbocycles. The maximum absolute atomic E-state index is 12.8. The molecule has 0 saturated heterocycles. The minimum atomic E-state index is -0.713. The summed E-state index contributed by atoms with van der Waals surface area (Å²) < 4.78 is 24.3. The minimum absolute atomic E-state index is 0.258. The van der Waals surface area contributed by atoms with Gasteiger partial charge in [0.05, 0.1) is 0 Å². The molecule has 1 amide bonds. The van der Waals surface area contributed by atoms with Crippen LogP contribution in [0.3, 0.4) is 0 Å². The van der Waals surface area contributed by atoms with Crippen LogP contribution in [0.2, 0.25) is 0 Å². The molecule has 0 aromatic heterocycles. The molecule has 1 aliphatic heterocycles. The van der Waals surface area contributed by atoms with Gasteiger partial charge in [-0.05, 0) is 36.8 Å². The van der Waals surface area contributed by atoms with E-state index in [2.05, 4.69) is 5.32 Å². The maximum atomic E-state index is 12.8. The first kappa shape index (κ1) is 14.4. The fourth-order valence-corrected chi connectivity index (χ4v) is 2.30. The van der Waals surface area contributed by atoms with Crippen LogP contribution in [-0.4, -0.2) is 18.1 Å². The fourth-order valence-electron chi connectivity index (χ4n) is 2.30.